The molecule has 0 radical (unpaired) electrons. The lowest BCUT2D eigenvalue weighted by Crippen LogP contribution is -2.48. The van der Waals surface area contributed by atoms with Crippen LogP contribution in [0.3, 0.4) is 0 Å². The monoisotopic (exact) mass is 355 g/mol. The highest BCUT2D eigenvalue weighted by molar-refractivity contribution is 5.80. The van der Waals surface area contributed by atoms with Crippen molar-refractivity contribution >= 4 is 11.9 Å². The highest BCUT2D eigenvalue weighted by Gasteiger charge is 2.29. The van der Waals surface area contributed by atoms with Gasteiger partial charge in [-0.15, -0.1) is 0 Å². The van der Waals surface area contributed by atoms with E-state index in [1.807, 2.05) is 0 Å². The van der Waals surface area contributed by atoms with E-state index >= 15 is 0 Å². The second-order valence-electron chi connectivity index (χ2n) is 6.22. The topological polar surface area (TPSA) is 61.9 Å². The molecule has 1 heterocycles. The van der Waals surface area contributed by atoms with Crippen molar-refractivity contribution in [2.45, 2.75) is 19.4 Å². The van der Waals surface area contributed by atoms with Crippen molar-refractivity contribution in [2.24, 2.45) is 5.92 Å². The first-order valence-electron chi connectivity index (χ1n) is 8.10. The molecule has 0 bridgehead atoms. The maximum absolute atomic E-state index is 14.1. The molecule has 0 aliphatic carbocycles. The molecule has 8 heteroatoms. The van der Waals surface area contributed by atoms with Gasteiger partial charge in [0.25, 0.3) is 0 Å². The van der Waals surface area contributed by atoms with Crippen molar-refractivity contribution in [1.82, 2.24) is 15.1 Å². The Hall–Kier alpha value is -2.38. The first kappa shape index (κ1) is 19.0. The zero-order chi connectivity index (χ0) is 18.6. The lowest BCUT2D eigenvalue weighted by atomic mass is 9.97. The van der Waals surface area contributed by atoms with E-state index in [0.29, 0.717) is 25.9 Å². The predicted molar refractivity (Wildman–Crippen MR) is 88.1 cm³/mol. The van der Waals surface area contributed by atoms with Crippen LogP contribution in [0.1, 0.15) is 18.4 Å². The molecule has 0 saturated carbocycles. The van der Waals surface area contributed by atoms with E-state index in [4.69, 9.17) is 4.74 Å². The van der Waals surface area contributed by atoms with Crippen molar-refractivity contribution in [3.8, 4) is 5.75 Å². The summed E-state index contributed by atoms with van der Waals surface area (Å²) >= 11 is 0. The Balaban J connectivity index is 2.00. The van der Waals surface area contributed by atoms with Crippen molar-refractivity contribution in [1.29, 1.82) is 0 Å². The average Bonchev–Trinajstić information content (AvgIpc) is 2.60. The quantitative estimate of drug-likeness (QED) is 0.898. The lowest BCUT2D eigenvalue weighted by molar-refractivity contribution is -0.126. The largest absolute Gasteiger partial charge is 0.494 e. The van der Waals surface area contributed by atoms with Crippen molar-refractivity contribution in [3.63, 3.8) is 0 Å². The van der Waals surface area contributed by atoms with Crippen LogP contribution in [-0.2, 0) is 11.3 Å². The van der Waals surface area contributed by atoms with Crippen LogP contribution < -0.4 is 10.1 Å². The van der Waals surface area contributed by atoms with Crippen LogP contribution in [-0.4, -0.2) is 56.0 Å². The molecule has 1 atom stereocenters. The average molecular weight is 355 g/mol. The number of nitrogens with zero attached hydrogens (tertiary/aromatic N) is 2. The number of urea groups is 1. The number of piperidine rings is 1. The predicted octanol–water partition coefficient (Wildman–Crippen LogP) is 1.98. The highest BCUT2D eigenvalue weighted by atomic mass is 19.1. The molecule has 0 aromatic heterocycles. The van der Waals surface area contributed by atoms with Gasteiger partial charge < -0.3 is 19.9 Å². The van der Waals surface area contributed by atoms with E-state index in [9.17, 15) is 18.4 Å². The summed E-state index contributed by atoms with van der Waals surface area (Å²) in [5, 5.41) is 2.56. The number of benzene rings is 1. The molecule has 25 heavy (non-hydrogen) atoms. The lowest BCUT2D eigenvalue weighted by Gasteiger charge is -2.33. The molecule has 2 rings (SSSR count). The number of nitrogens with one attached hydrogen (secondary N) is 1. The molecular weight excluding hydrogens is 332 g/mol. The summed E-state index contributed by atoms with van der Waals surface area (Å²) in [4.78, 5) is 27.4. The molecule has 1 fully saturated rings. The fraction of sp³-hybridized carbons (Fsp3) is 0.529. The second kappa shape index (κ2) is 8.13. The van der Waals surface area contributed by atoms with Crippen LogP contribution in [0.5, 0.6) is 5.75 Å². The minimum absolute atomic E-state index is 0.0777. The van der Waals surface area contributed by atoms with Crippen LogP contribution in [0.15, 0.2) is 12.1 Å². The zero-order valence-electron chi connectivity index (χ0n) is 14.6. The number of carbonyl (C=O) groups is 2. The third kappa shape index (κ3) is 4.37. The number of likely N-dealkylation sites (tertiary alicyclic amines) is 1. The summed E-state index contributed by atoms with van der Waals surface area (Å²) in [6.07, 6.45) is 1.34. The molecule has 6 nitrogen and oxygen atoms in total. The fourth-order valence-corrected chi connectivity index (χ4v) is 2.86. The maximum Gasteiger partial charge on any atom is 0.319 e. The molecule has 1 saturated heterocycles. The Bertz CT molecular complexity index is 652. The van der Waals surface area contributed by atoms with Crippen molar-refractivity contribution in [3.05, 3.63) is 29.3 Å². The molecular formula is C17H23F2N3O3. The molecule has 0 spiro atoms. The van der Waals surface area contributed by atoms with E-state index in [1.165, 1.54) is 18.1 Å². The van der Waals surface area contributed by atoms with Gasteiger partial charge >= 0.3 is 6.03 Å². The number of methoxy groups -OCH3 is 1. The Morgan fingerprint density at radius 2 is 2.08 bits per heavy atom. The number of ether oxygens (including phenoxy) is 1. The van der Waals surface area contributed by atoms with Gasteiger partial charge in [-0.25, -0.2) is 13.6 Å². The molecule has 1 aromatic rings. The van der Waals surface area contributed by atoms with Crippen LogP contribution in [0.25, 0.3) is 0 Å². The first-order chi connectivity index (χ1) is 11.8. The smallest absolute Gasteiger partial charge is 0.319 e. The van der Waals surface area contributed by atoms with Gasteiger partial charge in [-0.3, -0.25) is 4.79 Å². The Morgan fingerprint density at radius 1 is 1.36 bits per heavy atom. The Morgan fingerprint density at radius 3 is 2.72 bits per heavy atom. The summed E-state index contributed by atoms with van der Waals surface area (Å²) in [5.74, 6) is -2.36. The van der Waals surface area contributed by atoms with Gasteiger partial charge in [-0.2, -0.15) is 0 Å². The van der Waals surface area contributed by atoms with E-state index in [1.54, 1.807) is 19.0 Å². The third-order valence-corrected chi connectivity index (χ3v) is 4.26. The van der Waals surface area contributed by atoms with E-state index in [0.717, 1.165) is 6.07 Å². The van der Waals surface area contributed by atoms with Crippen LogP contribution >= 0.6 is 0 Å². The highest BCUT2D eigenvalue weighted by Crippen LogP contribution is 2.23. The van der Waals surface area contributed by atoms with Gasteiger partial charge in [0.05, 0.1) is 13.0 Å². The minimum Gasteiger partial charge on any atom is -0.494 e. The first-order valence-corrected chi connectivity index (χ1v) is 8.10. The number of hydrogen-bond acceptors (Lipinski definition) is 3. The Labute approximate surface area is 145 Å². The number of hydrogen-bond donors (Lipinski definition) is 1. The van der Waals surface area contributed by atoms with E-state index in [2.05, 4.69) is 5.32 Å². The fourth-order valence-electron chi connectivity index (χ4n) is 2.86. The molecule has 1 aliphatic rings. The molecule has 1 N–H and O–H groups in total. The standard InChI is InChI=1S/C17H23F2N3O3/c1-21(2)17(24)22-8-4-5-11(10-22)16(23)20-9-12-13(18)6-7-14(25-3)15(12)19/h6-7,11H,4-5,8-10H2,1-3H3,(H,20,23). The van der Waals surface area contributed by atoms with Crippen molar-refractivity contribution in [2.75, 3.05) is 34.3 Å². The SMILES string of the molecule is COc1ccc(F)c(CNC(=O)C2CCCN(C(=O)N(C)C)C2)c1F. The normalized spacial score (nSPS) is 17.2. The maximum atomic E-state index is 14.1. The minimum atomic E-state index is -0.823. The zero-order valence-corrected chi connectivity index (χ0v) is 14.6. The summed E-state index contributed by atoms with van der Waals surface area (Å²) in [7, 11) is 4.60. The molecule has 1 aliphatic heterocycles. The number of carbonyl (C=O) groups excluding carboxylic acids is 2. The van der Waals surface area contributed by atoms with Gasteiger partial charge in [0.1, 0.15) is 5.82 Å². The molecule has 138 valence electrons. The summed E-state index contributed by atoms with van der Waals surface area (Å²) < 4.78 is 32.7. The third-order valence-electron chi connectivity index (χ3n) is 4.26. The number of rotatable bonds is 4. The van der Waals surface area contributed by atoms with Crippen molar-refractivity contribution < 1.29 is 23.1 Å². The molecule has 1 aromatic carbocycles. The van der Waals surface area contributed by atoms with Gasteiger partial charge in [-0.05, 0) is 25.0 Å². The number of amides is 3. The molecule has 1 unspecified atom stereocenters. The van der Waals surface area contributed by atoms with Crippen LogP contribution in [0.4, 0.5) is 13.6 Å². The van der Waals surface area contributed by atoms with Gasteiger partial charge in [0.15, 0.2) is 11.6 Å². The van der Waals surface area contributed by atoms with E-state index in [-0.39, 0.29) is 29.8 Å². The second-order valence-corrected chi connectivity index (χ2v) is 6.22. The van der Waals surface area contributed by atoms with E-state index < -0.39 is 17.6 Å². The summed E-state index contributed by atoms with van der Waals surface area (Å²) in [6.45, 7) is 0.623. The van der Waals surface area contributed by atoms with Gasteiger partial charge in [0.2, 0.25) is 5.91 Å². The number of halogens is 2. The summed E-state index contributed by atoms with van der Waals surface area (Å²) in [5.41, 5.74) is -0.246. The van der Waals surface area contributed by atoms with Crippen LogP contribution in [0, 0.1) is 17.6 Å². The summed E-state index contributed by atoms with van der Waals surface area (Å²) in [6, 6.07) is 2.14. The van der Waals surface area contributed by atoms with Gasteiger partial charge in [0, 0.05) is 39.3 Å². The Kier molecular flexibility index (Phi) is 6.17. The molecule has 3 amide bonds. The van der Waals surface area contributed by atoms with Crippen LogP contribution in [0.2, 0.25) is 0 Å². The van der Waals surface area contributed by atoms with Gasteiger partial charge in [-0.1, -0.05) is 0 Å².